The minimum Gasteiger partial charge on any atom is -0.396 e. The summed E-state index contributed by atoms with van der Waals surface area (Å²) in [5.74, 6) is -0.592. The highest BCUT2D eigenvalue weighted by atomic mass is 19.4. The Balaban J connectivity index is 2.13. The van der Waals surface area contributed by atoms with Crippen LogP contribution in [0.2, 0.25) is 0 Å². The second kappa shape index (κ2) is 5.10. The summed E-state index contributed by atoms with van der Waals surface area (Å²) in [5.41, 5.74) is 5.26. The highest BCUT2D eigenvalue weighted by Gasteiger charge is 2.32. The number of nitrogen functional groups attached to an aromatic ring is 1. The van der Waals surface area contributed by atoms with E-state index in [1.807, 2.05) is 0 Å². The van der Waals surface area contributed by atoms with Crippen LogP contribution < -0.4 is 11.1 Å². The second-order valence-electron chi connectivity index (χ2n) is 4.68. The maximum absolute atomic E-state index is 12.4. The van der Waals surface area contributed by atoms with Crippen LogP contribution in [0.3, 0.4) is 0 Å². The lowest BCUT2D eigenvalue weighted by atomic mass is 10.2. The third-order valence-corrected chi connectivity index (χ3v) is 3.10. The normalized spacial score (nSPS) is 16.8. The molecule has 106 valence electrons. The third kappa shape index (κ3) is 3.39. The zero-order chi connectivity index (χ0) is 14.0. The lowest BCUT2D eigenvalue weighted by Gasteiger charge is -2.14. The Labute approximate surface area is 108 Å². The lowest BCUT2D eigenvalue weighted by molar-refractivity contribution is -0.142. The van der Waals surface area contributed by atoms with Gasteiger partial charge in [-0.25, -0.2) is 4.68 Å². The van der Waals surface area contributed by atoms with Crippen LogP contribution in [0.1, 0.15) is 36.2 Å². The molecule has 0 aliphatic heterocycles. The summed E-state index contributed by atoms with van der Waals surface area (Å²) in [7, 11) is 0. The molecule has 2 rings (SSSR count). The van der Waals surface area contributed by atoms with Crippen molar-refractivity contribution in [3.05, 3.63) is 11.9 Å². The van der Waals surface area contributed by atoms with Gasteiger partial charge < -0.3 is 11.1 Å². The van der Waals surface area contributed by atoms with E-state index >= 15 is 0 Å². The predicted octanol–water partition coefficient (Wildman–Crippen LogP) is 1.70. The van der Waals surface area contributed by atoms with E-state index in [1.165, 1.54) is 0 Å². The Hall–Kier alpha value is -1.73. The average molecular weight is 276 g/mol. The molecule has 0 radical (unpaired) electrons. The number of nitrogens with two attached hydrogens (primary N) is 1. The Kier molecular flexibility index (Phi) is 3.68. The number of anilines is 1. The van der Waals surface area contributed by atoms with Crippen LogP contribution in [-0.4, -0.2) is 27.9 Å². The minimum atomic E-state index is -4.44. The molecule has 19 heavy (non-hydrogen) atoms. The fourth-order valence-electron chi connectivity index (χ4n) is 2.26. The van der Waals surface area contributed by atoms with E-state index < -0.39 is 18.6 Å². The molecule has 0 unspecified atom stereocenters. The van der Waals surface area contributed by atoms with Crippen molar-refractivity contribution in [3.8, 4) is 0 Å². The molecule has 0 aromatic carbocycles. The summed E-state index contributed by atoms with van der Waals surface area (Å²) in [6.07, 6.45) is 0.346. The second-order valence-corrected chi connectivity index (χ2v) is 4.68. The molecular weight excluding hydrogens is 261 g/mol. The summed E-state index contributed by atoms with van der Waals surface area (Å²) >= 11 is 0. The summed E-state index contributed by atoms with van der Waals surface area (Å²) in [5, 5.41) is 6.21. The predicted molar refractivity (Wildman–Crippen MR) is 62.4 cm³/mol. The highest BCUT2D eigenvalue weighted by Crippen LogP contribution is 2.22. The number of alkyl halides is 3. The molecule has 0 spiro atoms. The van der Waals surface area contributed by atoms with Crippen LogP contribution in [0.4, 0.5) is 18.9 Å². The van der Waals surface area contributed by atoms with Crippen molar-refractivity contribution in [1.82, 2.24) is 15.1 Å². The van der Waals surface area contributed by atoms with E-state index in [1.54, 1.807) is 0 Å². The zero-order valence-electron chi connectivity index (χ0n) is 10.2. The van der Waals surface area contributed by atoms with Gasteiger partial charge in [-0.1, -0.05) is 12.8 Å². The van der Waals surface area contributed by atoms with Crippen molar-refractivity contribution in [1.29, 1.82) is 0 Å². The first-order chi connectivity index (χ1) is 8.87. The van der Waals surface area contributed by atoms with Crippen LogP contribution in [0, 0.1) is 0 Å². The van der Waals surface area contributed by atoms with Gasteiger partial charge >= 0.3 is 6.18 Å². The summed E-state index contributed by atoms with van der Waals surface area (Å²) in [6, 6.07) is 0.0149. The smallest absolute Gasteiger partial charge is 0.396 e. The number of nitrogens with one attached hydrogen (secondary N) is 1. The highest BCUT2D eigenvalue weighted by molar-refractivity contribution is 5.97. The molecule has 1 aromatic heterocycles. The minimum absolute atomic E-state index is 0.0149. The van der Waals surface area contributed by atoms with Gasteiger partial charge in [0, 0.05) is 6.04 Å². The molecule has 1 fully saturated rings. The van der Waals surface area contributed by atoms with E-state index in [-0.39, 0.29) is 17.4 Å². The van der Waals surface area contributed by atoms with Crippen molar-refractivity contribution < 1.29 is 18.0 Å². The molecule has 0 saturated heterocycles. The van der Waals surface area contributed by atoms with Crippen molar-refractivity contribution in [2.45, 2.75) is 44.4 Å². The molecule has 5 nitrogen and oxygen atoms in total. The number of carbonyl (C=O) groups is 1. The number of hydrogen-bond donors (Lipinski definition) is 2. The SMILES string of the molecule is Nc1cnn(CC(F)(F)F)c1C(=O)NC1CCCC1. The van der Waals surface area contributed by atoms with Crippen molar-refractivity contribution >= 4 is 11.6 Å². The van der Waals surface area contributed by atoms with Gasteiger partial charge in [0.15, 0.2) is 0 Å². The molecule has 0 atom stereocenters. The molecule has 3 N–H and O–H groups in total. The number of nitrogens with zero attached hydrogens (tertiary/aromatic N) is 2. The largest absolute Gasteiger partial charge is 0.408 e. The van der Waals surface area contributed by atoms with Gasteiger partial charge in [-0.05, 0) is 12.8 Å². The van der Waals surface area contributed by atoms with Crippen molar-refractivity contribution in [3.63, 3.8) is 0 Å². The molecule has 1 amide bonds. The lowest BCUT2D eigenvalue weighted by Crippen LogP contribution is -2.35. The monoisotopic (exact) mass is 276 g/mol. The van der Waals surface area contributed by atoms with E-state index in [9.17, 15) is 18.0 Å². The van der Waals surface area contributed by atoms with Gasteiger partial charge in [-0.3, -0.25) is 4.79 Å². The van der Waals surface area contributed by atoms with E-state index in [0.717, 1.165) is 31.9 Å². The Morgan fingerprint density at radius 1 is 1.47 bits per heavy atom. The van der Waals surface area contributed by atoms with Gasteiger partial charge in [-0.15, -0.1) is 0 Å². The summed E-state index contributed by atoms with van der Waals surface area (Å²) in [4.78, 5) is 12.0. The van der Waals surface area contributed by atoms with Gasteiger partial charge in [0.2, 0.25) is 0 Å². The number of carbonyl (C=O) groups excluding carboxylic acids is 1. The Bertz CT molecular complexity index is 463. The van der Waals surface area contributed by atoms with E-state index in [2.05, 4.69) is 10.4 Å². The fourth-order valence-corrected chi connectivity index (χ4v) is 2.26. The first kappa shape index (κ1) is 13.7. The molecule has 1 aromatic rings. The van der Waals surface area contributed by atoms with Crippen LogP contribution in [-0.2, 0) is 6.54 Å². The molecule has 8 heteroatoms. The van der Waals surface area contributed by atoms with Gasteiger partial charge in [0.05, 0.1) is 11.9 Å². The van der Waals surface area contributed by atoms with Crippen molar-refractivity contribution in [2.75, 3.05) is 5.73 Å². The molecule has 1 aliphatic carbocycles. The fraction of sp³-hybridized carbons (Fsp3) is 0.636. The van der Waals surface area contributed by atoms with Crippen LogP contribution >= 0.6 is 0 Å². The topological polar surface area (TPSA) is 72.9 Å². The molecular formula is C11H15F3N4O. The number of halogens is 3. The maximum Gasteiger partial charge on any atom is 0.408 e. The first-order valence-corrected chi connectivity index (χ1v) is 6.06. The van der Waals surface area contributed by atoms with E-state index in [0.29, 0.717) is 4.68 Å². The number of hydrogen-bond acceptors (Lipinski definition) is 3. The van der Waals surface area contributed by atoms with Gasteiger partial charge in [0.1, 0.15) is 12.2 Å². The number of aromatic nitrogens is 2. The van der Waals surface area contributed by atoms with Crippen LogP contribution in [0.5, 0.6) is 0 Å². The quantitative estimate of drug-likeness (QED) is 0.882. The summed E-state index contributed by atoms with van der Waals surface area (Å²) in [6.45, 7) is -1.32. The number of rotatable bonds is 3. The van der Waals surface area contributed by atoms with Crippen LogP contribution in [0.15, 0.2) is 6.20 Å². The van der Waals surface area contributed by atoms with Crippen LogP contribution in [0.25, 0.3) is 0 Å². The maximum atomic E-state index is 12.4. The van der Waals surface area contributed by atoms with E-state index in [4.69, 9.17) is 5.73 Å². The third-order valence-electron chi connectivity index (χ3n) is 3.10. The zero-order valence-corrected chi connectivity index (χ0v) is 10.2. The summed E-state index contributed by atoms with van der Waals surface area (Å²) < 4.78 is 37.7. The molecule has 1 aliphatic rings. The van der Waals surface area contributed by atoms with Gasteiger partial charge in [0.25, 0.3) is 5.91 Å². The van der Waals surface area contributed by atoms with Crippen molar-refractivity contribution in [2.24, 2.45) is 0 Å². The Morgan fingerprint density at radius 3 is 2.68 bits per heavy atom. The molecule has 0 bridgehead atoms. The molecule has 1 heterocycles. The molecule has 1 saturated carbocycles. The Morgan fingerprint density at radius 2 is 2.11 bits per heavy atom. The van der Waals surface area contributed by atoms with Gasteiger partial charge in [-0.2, -0.15) is 18.3 Å². The first-order valence-electron chi connectivity index (χ1n) is 6.06. The standard InChI is InChI=1S/C11H15F3N4O/c12-11(13,14)6-18-9(8(15)5-16-18)10(19)17-7-3-1-2-4-7/h5,7H,1-4,6,15H2,(H,17,19). The average Bonchev–Trinajstić information content (AvgIpc) is 2.86. The number of amides is 1.